The number of carbonyl (C=O) groups excluding carboxylic acids is 1. The first-order valence-electron chi connectivity index (χ1n) is 6.49. The van der Waals surface area contributed by atoms with E-state index in [9.17, 15) is 14.3 Å². The molecule has 1 atom stereocenters. The van der Waals surface area contributed by atoms with E-state index in [1.807, 2.05) is 0 Å². The molecular weight excluding hydrogens is 269 g/mol. The Balaban J connectivity index is 2.18. The number of phenols is 1. The Kier molecular flexibility index (Phi) is 4.64. The van der Waals surface area contributed by atoms with Gasteiger partial charge in [-0.2, -0.15) is 0 Å². The quantitative estimate of drug-likeness (QED) is 0.863. The first kappa shape index (κ1) is 14.1. The van der Waals surface area contributed by atoms with Crippen molar-refractivity contribution < 1.29 is 14.3 Å². The minimum absolute atomic E-state index is 0.102. The van der Waals surface area contributed by atoms with Gasteiger partial charge in [0.2, 0.25) is 0 Å². The van der Waals surface area contributed by atoms with Crippen molar-refractivity contribution in [2.75, 3.05) is 12.4 Å². The van der Waals surface area contributed by atoms with Crippen LogP contribution >= 0.6 is 11.6 Å². The highest BCUT2D eigenvalue weighted by atomic mass is 35.5. The first-order valence-corrected chi connectivity index (χ1v) is 7.03. The van der Waals surface area contributed by atoms with Crippen LogP contribution in [0.3, 0.4) is 0 Å². The van der Waals surface area contributed by atoms with Crippen molar-refractivity contribution in [3.8, 4) is 5.75 Å². The zero-order valence-corrected chi connectivity index (χ0v) is 11.4. The lowest BCUT2D eigenvalue weighted by atomic mass is 10.1. The second-order valence-corrected chi connectivity index (χ2v) is 5.14. The van der Waals surface area contributed by atoms with Gasteiger partial charge < -0.3 is 10.0 Å². The Morgan fingerprint density at radius 1 is 1.53 bits per heavy atom. The summed E-state index contributed by atoms with van der Waals surface area (Å²) in [5.74, 6) is -0.836. The summed E-state index contributed by atoms with van der Waals surface area (Å²) in [5, 5.41) is 9.68. The Morgan fingerprint density at radius 2 is 2.32 bits per heavy atom. The van der Waals surface area contributed by atoms with E-state index in [-0.39, 0.29) is 17.4 Å². The number of likely N-dealkylation sites (tertiary alicyclic amines) is 1. The number of alkyl halides is 1. The first-order chi connectivity index (χ1) is 9.15. The topological polar surface area (TPSA) is 40.5 Å². The van der Waals surface area contributed by atoms with Crippen molar-refractivity contribution in [1.82, 2.24) is 4.90 Å². The predicted molar refractivity (Wildman–Crippen MR) is 72.1 cm³/mol. The molecule has 0 bridgehead atoms. The Hall–Kier alpha value is -1.29. The number of benzene rings is 1. The SMILES string of the molecule is O=C(c1c(O)cccc1F)N1CCCC1CCCCl. The summed E-state index contributed by atoms with van der Waals surface area (Å²) in [7, 11) is 0. The van der Waals surface area contributed by atoms with Crippen molar-refractivity contribution in [2.24, 2.45) is 0 Å². The van der Waals surface area contributed by atoms with Crippen LogP contribution in [0.5, 0.6) is 5.75 Å². The molecule has 104 valence electrons. The molecule has 1 saturated heterocycles. The van der Waals surface area contributed by atoms with Crippen molar-refractivity contribution in [1.29, 1.82) is 0 Å². The molecule has 3 nitrogen and oxygen atoms in total. The van der Waals surface area contributed by atoms with E-state index in [4.69, 9.17) is 11.6 Å². The molecule has 19 heavy (non-hydrogen) atoms. The predicted octanol–water partition coefficient (Wildman–Crippen LogP) is 3.15. The van der Waals surface area contributed by atoms with Gasteiger partial charge in [-0.15, -0.1) is 11.6 Å². The molecule has 2 rings (SSSR count). The fourth-order valence-electron chi connectivity index (χ4n) is 2.58. The van der Waals surface area contributed by atoms with Gasteiger partial charge in [-0.25, -0.2) is 4.39 Å². The molecule has 1 aromatic rings. The van der Waals surface area contributed by atoms with E-state index in [0.29, 0.717) is 12.4 Å². The molecule has 1 N–H and O–H groups in total. The van der Waals surface area contributed by atoms with Crippen LogP contribution in [0.15, 0.2) is 18.2 Å². The summed E-state index contributed by atoms with van der Waals surface area (Å²) in [6.45, 7) is 0.611. The molecule has 1 fully saturated rings. The standard InChI is InChI=1S/C14H17ClFNO2/c15-8-2-4-10-5-3-9-17(10)14(19)13-11(16)6-1-7-12(13)18/h1,6-7,10,18H,2-5,8-9H2. The zero-order chi connectivity index (χ0) is 13.8. The number of rotatable bonds is 4. The number of amides is 1. The maximum absolute atomic E-state index is 13.7. The number of aromatic hydroxyl groups is 1. The summed E-state index contributed by atoms with van der Waals surface area (Å²) in [6, 6.07) is 4.01. The average Bonchev–Trinajstić information content (AvgIpc) is 2.84. The molecule has 0 radical (unpaired) electrons. The normalized spacial score (nSPS) is 18.8. The second-order valence-electron chi connectivity index (χ2n) is 4.76. The molecule has 1 aliphatic heterocycles. The number of nitrogens with zero attached hydrogens (tertiary/aromatic N) is 1. The van der Waals surface area contributed by atoms with Gasteiger partial charge in [0.1, 0.15) is 17.1 Å². The van der Waals surface area contributed by atoms with Gasteiger partial charge in [0.15, 0.2) is 0 Å². The Labute approximate surface area is 117 Å². The van der Waals surface area contributed by atoms with E-state index in [1.54, 1.807) is 4.90 Å². The summed E-state index contributed by atoms with van der Waals surface area (Å²) in [6.07, 6.45) is 3.48. The molecular formula is C14H17ClFNO2. The lowest BCUT2D eigenvalue weighted by Crippen LogP contribution is -2.36. The van der Waals surface area contributed by atoms with Gasteiger partial charge in [0.25, 0.3) is 5.91 Å². The van der Waals surface area contributed by atoms with Crippen LogP contribution in [0.4, 0.5) is 4.39 Å². The van der Waals surface area contributed by atoms with E-state index in [1.165, 1.54) is 18.2 Å². The molecule has 0 aromatic heterocycles. The average molecular weight is 286 g/mol. The zero-order valence-electron chi connectivity index (χ0n) is 10.6. The van der Waals surface area contributed by atoms with E-state index < -0.39 is 11.7 Å². The van der Waals surface area contributed by atoms with Crippen LogP contribution in [-0.4, -0.2) is 34.4 Å². The van der Waals surface area contributed by atoms with Crippen LogP contribution in [0.1, 0.15) is 36.0 Å². The lowest BCUT2D eigenvalue weighted by molar-refractivity contribution is 0.0722. The molecule has 1 aliphatic rings. The van der Waals surface area contributed by atoms with Gasteiger partial charge in [0.05, 0.1) is 0 Å². The fourth-order valence-corrected chi connectivity index (χ4v) is 2.74. The third kappa shape index (κ3) is 3.00. The monoisotopic (exact) mass is 285 g/mol. The largest absolute Gasteiger partial charge is 0.507 e. The van der Waals surface area contributed by atoms with Gasteiger partial charge in [-0.1, -0.05) is 6.07 Å². The van der Waals surface area contributed by atoms with E-state index in [0.717, 1.165) is 25.7 Å². The highest BCUT2D eigenvalue weighted by Gasteiger charge is 2.31. The van der Waals surface area contributed by atoms with Gasteiger partial charge in [0, 0.05) is 18.5 Å². The van der Waals surface area contributed by atoms with Crippen LogP contribution < -0.4 is 0 Å². The molecule has 0 aliphatic carbocycles. The Morgan fingerprint density at radius 3 is 3.00 bits per heavy atom. The molecule has 0 saturated carbocycles. The third-order valence-electron chi connectivity index (χ3n) is 3.51. The molecule has 1 aromatic carbocycles. The van der Waals surface area contributed by atoms with Crippen LogP contribution in [0.2, 0.25) is 0 Å². The van der Waals surface area contributed by atoms with E-state index in [2.05, 4.69) is 0 Å². The number of hydrogen-bond acceptors (Lipinski definition) is 2. The summed E-state index contributed by atoms with van der Waals surface area (Å²) < 4.78 is 13.7. The minimum atomic E-state index is -0.673. The van der Waals surface area contributed by atoms with Crippen LogP contribution in [0, 0.1) is 5.82 Å². The van der Waals surface area contributed by atoms with Crippen molar-refractivity contribution >= 4 is 17.5 Å². The second kappa shape index (κ2) is 6.24. The number of hydrogen-bond donors (Lipinski definition) is 1. The summed E-state index contributed by atoms with van der Waals surface area (Å²) >= 11 is 5.67. The van der Waals surface area contributed by atoms with Gasteiger partial charge in [-0.3, -0.25) is 4.79 Å². The lowest BCUT2D eigenvalue weighted by Gasteiger charge is -2.25. The fraction of sp³-hybridized carbons (Fsp3) is 0.500. The molecule has 1 amide bonds. The minimum Gasteiger partial charge on any atom is -0.507 e. The maximum atomic E-state index is 13.7. The third-order valence-corrected chi connectivity index (χ3v) is 3.78. The van der Waals surface area contributed by atoms with Crippen molar-refractivity contribution in [2.45, 2.75) is 31.7 Å². The van der Waals surface area contributed by atoms with Gasteiger partial charge >= 0.3 is 0 Å². The number of halogens is 2. The van der Waals surface area contributed by atoms with Crippen LogP contribution in [-0.2, 0) is 0 Å². The Bertz CT molecular complexity index is 447. The van der Waals surface area contributed by atoms with Crippen LogP contribution in [0.25, 0.3) is 0 Å². The number of carbonyl (C=O) groups is 1. The maximum Gasteiger partial charge on any atom is 0.260 e. The highest BCUT2D eigenvalue weighted by molar-refractivity contribution is 6.17. The number of phenolic OH excluding ortho intramolecular Hbond substituents is 1. The van der Waals surface area contributed by atoms with Crippen molar-refractivity contribution in [3.05, 3.63) is 29.6 Å². The summed E-state index contributed by atoms with van der Waals surface area (Å²) in [5.41, 5.74) is -0.222. The van der Waals surface area contributed by atoms with E-state index >= 15 is 0 Å². The molecule has 0 spiro atoms. The van der Waals surface area contributed by atoms with Gasteiger partial charge in [-0.05, 0) is 37.8 Å². The highest BCUT2D eigenvalue weighted by Crippen LogP contribution is 2.28. The smallest absolute Gasteiger partial charge is 0.260 e. The molecule has 5 heteroatoms. The van der Waals surface area contributed by atoms with Crippen molar-refractivity contribution in [3.63, 3.8) is 0 Å². The summed E-state index contributed by atoms with van der Waals surface area (Å²) in [4.78, 5) is 14.0. The molecule has 1 heterocycles. The molecule has 1 unspecified atom stereocenters.